The van der Waals surface area contributed by atoms with Crippen molar-refractivity contribution in [1.29, 1.82) is 0 Å². The van der Waals surface area contributed by atoms with Gasteiger partial charge < -0.3 is 10.4 Å². The van der Waals surface area contributed by atoms with E-state index in [-0.39, 0.29) is 16.8 Å². The second kappa shape index (κ2) is 5.82. The van der Waals surface area contributed by atoms with Crippen LogP contribution in [-0.2, 0) is 14.8 Å². The molecule has 0 unspecified atom stereocenters. The highest BCUT2D eigenvalue weighted by molar-refractivity contribution is 7.89. The van der Waals surface area contributed by atoms with Crippen LogP contribution in [0.2, 0.25) is 0 Å². The van der Waals surface area contributed by atoms with E-state index in [1.165, 1.54) is 31.3 Å². The lowest BCUT2D eigenvalue weighted by Crippen LogP contribution is -2.46. The molecule has 0 bridgehead atoms. The number of carboxylic acid groups (broad SMARTS) is 1. The van der Waals surface area contributed by atoms with Crippen molar-refractivity contribution in [2.45, 2.75) is 23.8 Å². The molecule has 1 amide bonds. The third-order valence-electron chi connectivity index (χ3n) is 3.52. The predicted octanol–water partition coefficient (Wildman–Crippen LogP) is 0.188. The molecule has 1 saturated carbocycles. The number of hydrogen-bond donors (Lipinski definition) is 3. The van der Waals surface area contributed by atoms with E-state index in [0.717, 1.165) is 0 Å². The van der Waals surface area contributed by atoms with Crippen molar-refractivity contribution >= 4 is 21.9 Å². The first-order valence-electron chi connectivity index (χ1n) is 6.41. The summed E-state index contributed by atoms with van der Waals surface area (Å²) in [7, 11) is -2.21. The molecule has 0 spiro atoms. The van der Waals surface area contributed by atoms with Gasteiger partial charge in [0.25, 0.3) is 5.91 Å². The summed E-state index contributed by atoms with van der Waals surface area (Å²) < 4.78 is 25.3. The van der Waals surface area contributed by atoms with Crippen LogP contribution in [0, 0.1) is 5.92 Å². The largest absolute Gasteiger partial charge is 0.481 e. The normalized spacial score (nSPS) is 21.4. The maximum Gasteiger partial charge on any atom is 0.306 e. The highest BCUT2D eigenvalue weighted by atomic mass is 32.2. The fraction of sp³-hybridized carbons (Fsp3) is 0.385. The highest BCUT2D eigenvalue weighted by Crippen LogP contribution is 2.27. The Bertz CT molecular complexity index is 648. The number of carbonyl (C=O) groups is 2. The van der Waals surface area contributed by atoms with E-state index in [1.54, 1.807) is 0 Å². The maximum absolute atomic E-state index is 11.9. The number of amides is 1. The second-order valence-corrected chi connectivity index (χ2v) is 6.80. The van der Waals surface area contributed by atoms with Gasteiger partial charge in [-0.25, -0.2) is 13.1 Å². The Morgan fingerprint density at radius 2 is 1.76 bits per heavy atom. The topological polar surface area (TPSA) is 113 Å². The maximum atomic E-state index is 11.9. The van der Waals surface area contributed by atoms with Gasteiger partial charge in [-0.15, -0.1) is 0 Å². The minimum absolute atomic E-state index is 0.0798. The molecule has 1 aliphatic rings. The standard InChI is InChI=1S/C13H16N2O5S/c1-14-21(19,20)11-4-2-8(3-5-11)12(16)15-10-6-9(7-10)13(17)18/h2-5,9-10,14H,6-7H2,1H3,(H,15,16)(H,17,18). The van der Waals surface area contributed by atoms with Gasteiger partial charge in [-0.2, -0.15) is 0 Å². The molecule has 1 aliphatic carbocycles. The minimum Gasteiger partial charge on any atom is -0.481 e. The van der Waals surface area contributed by atoms with E-state index in [1.807, 2.05) is 0 Å². The van der Waals surface area contributed by atoms with Crippen LogP contribution in [0.15, 0.2) is 29.2 Å². The number of nitrogens with one attached hydrogen (secondary N) is 2. The van der Waals surface area contributed by atoms with Crippen LogP contribution >= 0.6 is 0 Å². The van der Waals surface area contributed by atoms with Gasteiger partial charge in [0.2, 0.25) is 10.0 Å². The molecule has 8 heteroatoms. The number of carbonyl (C=O) groups excluding carboxylic acids is 1. The molecule has 1 fully saturated rings. The number of rotatable bonds is 5. The number of hydrogen-bond acceptors (Lipinski definition) is 4. The summed E-state index contributed by atoms with van der Waals surface area (Å²) >= 11 is 0. The van der Waals surface area contributed by atoms with Gasteiger partial charge in [0.1, 0.15) is 0 Å². The SMILES string of the molecule is CNS(=O)(=O)c1ccc(C(=O)NC2CC(C(=O)O)C2)cc1. The van der Waals surface area contributed by atoms with E-state index in [9.17, 15) is 18.0 Å². The third-order valence-corrected chi connectivity index (χ3v) is 4.95. The molecular formula is C13H16N2O5S. The van der Waals surface area contributed by atoms with Crippen LogP contribution < -0.4 is 10.0 Å². The van der Waals surface area contributed by atoms with E-state index in [2.05, 4.69) is 10.0 Å². The molecule has 3 N–H and O–H groups in total. The highest BCUT2D eigenvalue weighted by Gasteiger charge is 2.35. The van der Waals surface area contributed by atoms with Crippen molar-refractivity contribution in [2.75, 3.05) is 7.05 Å². The van der Waals surface area contributed by atoms with Gasteiger partial charge >= 0.3 is 5.97 Å². The first-order chi connectivity index (χ1) is 9.83. The van der Waals surface area contributed by atoms with Crippen molar-refractivity contribution in [3.8, 4) is 0 Å². The molecule has 0 aromatic heterocycles. The monoisotopic (exact) mass is 312 g/mol. The Morgan fingerprint density at radius 1 is 1.19 bits per heavy atom. The summed E-state index contributed by atoms with van der Waals surface area (Å²) in [4.78, 5) is 22.7. The number of carboxylic acids is 1. The Kier molecular flexibility index (Phi) is 4.29. The van der Waals surface area contributed by atoms with Gasteiger partial charge in [0, 0.05) is 11.6 Å². The molecule has 7 nitrogen and oxygen atoms in total. The molecule has 0 atom stereocenters. The zero-order chi connectivity index (χ0) is 15.6. The predicted molar refractivity (Wildman–Crippen MR) is 74.3 cm³/mol. The van der Waals surface area contributed by atoms with Gasteiger partial charge in [0.05, 0.1) is 10.8 Å². The van der Waals surface area contributed by atoms with Gasteiger partial charge in [-0.1, -0.05) is 0 Å². The summed E-state index contributed by atoms with van der Waals surface area (Å²) in [5.74, 6) is -1.57. The van der Waals surface area contributed by atoms with Crippen molar-refractivity contribution in [3.63, 3.8) is 0 Å². The second-order valence-electron chi connectivity index (χ2n) is 4.91. The molecule has 0 aliphatic heterocycles. The Hall–Kier alpha value is -1.93. The van der Waals surface area contributed by atoms with Crippen LogP contribution in [0.4, 0.5) is 0 Å². The summed E-state index contributed by atoms with van der Waals surface area (Å²) in [5, 5.41) is 11.5. The molecule has 0 saturated heterocycles. The zero-order valence-electron chi connectivity index (χ0n) is 11.4. The lowest BCUT2D eigenvalue weighted by atomic mass is 9.80. The molecule has 1 aromatic rings. The lowest BCUT2D eigenvalue weighted by Gasteiger charge is -2.32. The van der Waals surface area contributed by atoms with Crippen LogP contribution in [0.3, 0.4) is 0 Å². The molecule has 114 valence electrons. The van der Waals surface area contributed by atoms with Crippen LogP contribution in [-0.4, -0.2) is 38.5 Å². The molecule has 2 rings (SSSR count). The molecule has 21 heavy (non-hydrogen) atoms. The van der Waals surface area contributed by atoms with Gasteiger partial charge in [-0.05, 0) is 44.2 Å². The lowest BCUT2D eigenvalue weighted by molar-refractivity contribution is -0.145. The van der Waals surface area contributed by atoms with Crippen molar-refractivity contribution in [2.24, 2.45) is 5.92 Å². The van der Waals surface area contributed by atoms with Crippen LogP contribution in [0.1, 0.15) is 23.2 Å². The number of aliphatic carboxylic acids is 1. The Morgan fingerprint density at radius 3 is 2.24 bits per heavy atom. The van der Waals surface area contributed by atoms with Crippen molar-refractivity contribution in [1.82, 2.24) is 10.0 Å². The van der Waals surface area contributed by atoms with Crippen molar-refractivity contribution in [3.05, 3.63) is 29.8 Å². The van der Waals surface area contributed by atoms with Crippen LogP contribution in [0.5, 0.6) is 0 Å². The van der Waals surface area contributed by atoms with E-state index >= 15 is 0 Å². The smallest absolute Gasteiger partial charge is 0.306 e. The van der Waals surface area contributed by atoms with E-state index in [0.29, 0.717) is 18.4 Å². The third kappa shape index (κ3) is 3.40. The number of benzene rings is 1. The Labute approximate surface area is 122 Å². The summed E-state index contributed by atoms with van der Waals surface area (Å²) in [6.07, 6.45) is 0.848. The Balaban J connectivity index is 1.97. The molecule has 1 aromatic carbocycles. The molecular weight excluding hydrogens is 296 g/mol. The quantitative estimate of drug-likeness (QED) is 0.718. The van der Waals surface area contributed by atoms with E-state index in [4.69, 9.17) is 5.11 Å². The van der Waals surface area contributed by atoms with Gasteiger partial charge in [0.15, 0.2) is 0 Å². The number of sulfonamides is 1. The first kappa shape index (κ1) is 15.5. The van der Waals surface area contributed by atoms with Crippen LogP contribution in [0.25, 0.3) is 0 Å². The summed E-state index contributed by atoms with van der Waals surface area (Å²) in [6, 6.07) is 5.41. The first-order valence-corrected chi connectivity index (χ1v) is 7.89. The summed E-state index contributed by atoms with van der Waals surface area (Å²) in [5.41, 5.74) is 0.337. The minimum atomic E-state index is -3.52. The fourth-order valence-corrected chi connectivity index (χ4v) is 2.84. The van der Waals surface area contributed by atoms with Gasteiger partial charge in [-0.3, -0.25) is 9.59 Å². The zero-order valence-corrected chi connectivity index (χ0v) is 12.2. The molecule has 0 heterocycles. The average Bonchev–Trinajstić information content (AvgIpc) is 2.41. The van der Waals surface area contributed by atoms with E-state index < -0.39 is 21.9 Å². The van der Waals surface area contributed by atoms with Crippen molar-refractivity contribution < 1.29 is 23.1 Å². The molecule has 0 radical (unpaired) electrons. The fourth-order valence-electron chi connectivity index (χ4n) is 2.11. The average molecular weight is 312 g/mol. The summed E-state index contributed by atoms with van der Waals surface area (Å²) in [6.45, 7) is 0.